The molecule has 1 aliphatic heterocycles. The van der Waals surface area contributed by atoms with Gasteiger partial charge in [-0.1, -0.05) is 12.8 Å². The Balaban J connectivity index is 1.70. The maximum Gasteiger partial charge on any atom is 0.241 e. The smallest absolute Gasteiger partial charge is 0.241 e. The molecule has 1 saturated heterocycles. The van der Waals surface area contributed by atoms with Crippen molar-refractivity contribution in [2.45, 2.75) is 50.6 Å². The third-order valence-corrected chi connectivity index (χ3v) is 4.84. The second kappa shape index (κ2) is 8.36. The van der Waals surface area contributed by atoms with E-state index in [1.807, 2.05) is 0 Å². The van der Waals surface area contributed by atoms with Crippen LogP contribution in [-0.4, -0.2) is 74.5 Å². The Bertz CT molecular complexity index is 382. The Labute approximate surface area is 134 Å². The average Bonchev–Trinajstić information content (AvgIpc) is 3.06. The molecule has 1 saturated carbocycles. The Hall–Kier alpha value is -1.30. The van der Waals surface area contributed by atoms with E-state index in [9.17, 15) is 4.79 Å². The lowest BCUT2D eigenvalue weighted by atomic mass is 10.0. The fraction of sp³-hybridized carbons (Fsp3) is 0.875. The van der Waals surface area contributed by atoms with Gasteiger partial charge in [0.25, 0.3) is 0 Å². The van der Waals surface area contributed by atoms with Crippen molar-refractivity contribution in [2.24, 2.45) is 4.99 Å². The Morgan fingerprint density at radius 3 is 2.36 bits per heavy atom. The summed E-state index contributed by atoms with van der Waals surface area (Å²) < 4.78 is 0. The fourth-order valence-corrected chi connectivity index (χ4v) is 3.38. The average molecular weight is 309 g/mol. The van der Waals surface area contributed by atoms with Gasteiger partial charge in [-0.2, -0.15) is 0 Å². The van der Waals surface area contributed by atoms with Crippen LogP contribution in [0.1, 0.15) is 38.5 Å². The highest BCUT2D eigenvalue weighted by Gasteiger charge is 2.27. The number of piperidine rings is 1. The maximum absolute atomic E-state index is 11.6. The molecule has 0 aromatic heterocycles. The van der Waals surface area contributed by atoms with Crippen LogP contribution in [0, 0.1) is 0 Å². The molecule has 6 heteroatoms. The molecule has 2 rings (SSSR count). The lowest BCUT2D eigenvalue weighted by Crippen LogP contribution is -2.51. The van der Waals surface area contributed by atoms with Gasteiger partial charge in [-0.05, 0) is 25.7 Å². The lowest BCUT2D eigenvalue weighted by molar-refractivity contribution is -0.127. The van der Waals surface area contributed by atoms with Crippen LogP contribution in [0.2, 0.25) is 0 Å². The first kappa shape index (κ1) is 17.1. The number of nitrogens with one attached hydrogen (secondary N) is 2. The van der Waals surface area contributed by atoms with Crippen molar-refractivity contribution in [1.82, 2.24) is 20.4 Å². The number of rotatable bonds is 4. The summed E-state index contributed by atoms with van der Waals surface area (Å²) in [6.45, 7) is 2.64. The molecule has 0 unspecified atom stereocenters. The number of amides is 1. The molecule has 6 nitrogen and oxygen atoms in total. The molecule has 1 amide bonds. The van der Waals surface area contributed by atoms with E-state index >= 15 is 0 Å². The summed E-state index contributed by atoms with van der Waals surface area (Å²) in [5.74, 6) is 0.786. The van der Waals surface area contributed by atoms with Gasteiger partial charge in [0.05, 0.1) is 6.54 Å². The number of nitrogens with zero attached hydrogens (tertiary/aromatic N) is 3. The van der Waals surface area contributed by atoms with E-state index in [1.54, 1.807) is 26.0 Å². The molecule has 2 fully saturated rings. The van der Waals surface area contributed by atoms with E-state index in [0.717, 1.165) is 24.8 Å². The molecular formula is C16H31N5O. The van der Waals surface area contributed by atoms with Crippen molar-refractivity contribution < 1.29 is 4.79 Å². The highest BCUT2D eigenvalue weighted by molar-refractivity contribution is 5.86. The zero-order valence-corrected chi connectivity index (χ0v) is 14.3. The van der Waals surface area contributed by atoms with Crippen molar-refractivity contribution in [2.75, 3.05) is 40.8 Å². The summed E-state index contributed by atoms with van der Waals surface area (Å²) in [7, 11) is 5.28. The summed E-state index contributed by atoms with van der Waals surface area (Å²) in [5, 5.41) is 6.55. The Morgan fingerprint density at radius 1 is 1.18 bits per heavy atom. The molecule has 22 heavy (non-hydrogen) atoms. The van der Waals surface area contributed by atoms with Crippen LogP contribution < -0.4 is 10.6 Å². The van der Waals surface area contributed by atoms with Crippen molar-refractivity contribution >= 4 is 11.9 Å². The first-order valence-electron chi connectivity index (χ1n) is 8.51. The third kappa shape index (κ3) is 4.87. The predicted octanol–water partition coefficient (Wildman–Crippen LogP) is 0.647. The minimum Gasteiger partial charge on any atom is -0.354 e. The first-order valence-corrected chi connectivity index (χ1v) is 8.51. The van der Waals surface area contributed by atoms with Crippen LogP contribution in [0.5, 0.6) is 0 Å². The summed E-state index contributed by atoms with van der Waals surface area (Å²) in [6, 6.07) is 1.29. The number of hydrogen-bond donors (Lipinski definition) is 2. The van der Waals surface area contributed by atoms with Gasteiger partial charge in [0, 0.05) is 46.3 Å². The third-order valence-electron chi connectivity index (χ3n) is 4.84. The van der Waals surface area contributed by atoms with Crippen LogP contribution in [0.4, 0.5) is 0 Å². The van der Waals surface area contributed by atoms with E-state index in [-0.39, 0.29) is 12.5 Å². The van der Waals surface area contributed by atoms with Gasteiger partial charge in [-0.3, -0.25) is 9.79 Å². The topological polar surface area (TPSA) is 60.0 Å². The van der Waals surface area contributed by atoms with Crippen molar-refractivity contribution in [3.63, 3.8) is 0 Å². The molecule has 1 aliphatic carbocycles. The fourth-order valence-electron chi connectivity index (χ4n) is 3.38. The molecule has 0 aromatic rings. The predicted molar refractivity (Wildman–Crippen MR) is 90.0 cm³/mol. The Kier molecular flexibility index (Phi) is 6.49. The van der Waals surface area contributed by atoms with Gasteiger partial charge in [0.15, 0.2) is 5.96 Å². The maximum atomic E-state index is 11.6. The van der Waals surface area contributed by atoms with Crippen molar-refractivity contribution in [3.05, 3.63) is 0 Å². The minimum atomic E-state index is 0.0546. The molecule has 1 heterocycles. The molecule has 0 bridgehead atoms. The van der Waals surface area contributed by atoms with Gasteiger partial charge in [0.2, 0.25) is 5.91 Å². The summed E-state index contributed by atoms with van der Waals surface area (Å²) >= 11 is 0. The van der Waals surface area contributed by atoms with Gasteiger partial charge < -0.3 is 20.4 Å². The van der Waals surface area contributed by atoms with E-state index in [1.165, 1.54) is 38.8 Å². The SMILES string of the molecule is CN=C(NCC(=O)N(C)C)NC1CCN(C2CCCC2)CC1. The summed E-state index contributed by atoms with van der Waals surface area (Å²) in [5.41, 5.74) is 0. The molecule has 126 valence electrons. The van der Waals surface area contributed by atoms with Crippen LogP contribution in [0.25, 0.3) is 0 Å². The van der Waals surface area contributed by atoms with Crippen molar-refractivity contribution in [1.29, 1.82) is 0 Å². The Morgan fingerprint density at radius 2 is 1.82 bits per heavy atom. The zero-order chi connectivity index (χ0) is 15.9. The number of likely N-dealkylation sites (tertiary alicyclic amines) is 1. The second-order valence-corrected chi connectivity index (χ2v) is 6.61. The van der Waals surface area contributed by atoms with Crippen LogP contribution in [0.15, 0.2) is 4.99 Å². The van der Waals surface area contributed by atoms with Gasteiger partial charge >= 0.3 is 0 Å². The largest absolute Gasteiger partial charge is 0.354 e. The quantitative estimate of drug-likeness (QED) is 0.591. The minimum absolute atomic E-state index is 0.0546. The monoisotopic (exact) mass is 309 g/mol. The zero-order valence-electron chi connectivity index (χ0n) is 14.3. The van der Waals surface area contributed by atoms with Crippen LogP contribution in [-0.2, 0) is 4.79 Å². The highest BCUT2D eigenvalue weighted by atomic mass is 16.2. The summed E-state index contributed by atoms with van der Waals surface area (Å²) in [4.78, 5) is 20.1. The van der Waals surface area contributed by atoms with Crippen molar-refractivity contribution in [3.8, 4) is 0 Å². The van der Waals surface area contributed by atoms with Crippen LogP contribution >= 0.6 is 0 Å². The molecule has 0 atom stereocenters. The molecular weight excluding hydrogens is 278 g/mol. The van der Waals surface area contributed by atoms with Crippen LogP contribution in [0.3, 0.4) is 0 Å². The normalized spacial score (nSPS) is 21.9. The molecule has 0 spiro atoms. The van der Waals surface area contributed by atoms with E-state index in [2.05, 4.69) is 20.5 Å². The highest BCUT2D eigenvalue weighted by Crippen LogP contribution is 2.26. The summed E-state index contributed by atoms with van der Waals surface area (Å²) in [6.07, 6.45) is 7.87. The van der Waals surface area contributed by atoms with E-state index in [0.29, 0.717) is 6.04 Å². The van der Waals surface area contributed by atoms with Gasteiger partial charge in [0.1, 0.15) is 0 Å². The molecule has 0 aromatic carbocycles. The standard InChI is InChI=1S/C16H31N5O/c1-17-16(18-12-15(22)20(2)3)19-13-8-10-21(11-9-13)14-6-4-5-7-14/h13-14H,4-12H2,1-3H3,(H2,17,18,19). The van der Waals surface area contributed by atoms with Gasteiger partial charge in [-0.15, -0.1) is 0 Å². The number of guanidine groups is 1. The lowest BCUT2D eigenvalue weighted by Gasteiger charge is -2.36. The van der Waals surface area contributed by atoms with E-state index in [4.69, 9.17) is 0 Å². The van der Waals surface area contributed by atoms with Gasteiger partial charge in [-0.25, -0.2) is 0 Å². The number of aliphatic imine (C=N–C) groups is 1. The molecule has 2 aliphatic rings. The number of carbonyl (C=O) groups is 1. The number of carbonyl (C=O) groups excluding carboxylic acids is 1. The number of likely N-dealkylation sites (N-methyl/N-ethyl adjacent to an activating group) is 1. The second-order valence-electron chi connectivity index (χ2n) is 6.61. The molecule has 2 N–H and O–H groups in total. The first-order chi connectivity index (χ1) is 10.6. The molecule has 0 radical (unpaired) electrons. The number of hydrogen-bond acceptors (Lipinski definition) is 3. The van der Waals surface area contributed by atoms with E-state index < -0.39 is 0 Å².